The Bertz CT molecular complexity index is 1590. The number of rotatable bonds is 7. The third kappa shape index (κ3) is 6.03. The van der Waals surface area contributed by atoms with Crippen molar-refractivity contribution < 1.29 is 28.7 Å². The van der Waals surface area contributed by atoms with Gasteiger partial charge < -0.3 is 4.74 Å². The van der Waals surface area contributed by atoms with Crippen LogP contribution in [0.25, 0.3) is 0 Å². The molecule has 0 aromatic heterocycles. The number of ether oxygens (including phenoxy) is 1. The number of carbonyl (C=O) groups excluding carboxylic acids is 5. The topological polar surface area (TPSA) is 101 Å². The Hall–Kier alpha value is -3.43. The van der Waals surface area contributed by atoms with Crippen molar-refractivity contribution in [2.45, 2.75) is 25.7 Å². The first kappa shape index (κ1) is 30.0. The minimum Gasteiger partial charge on any atom is -0.423 e. The van der Waals surface area contributed by atoms with Crippen molar-refractivity contribution >= 4 is 75.9 Å². The van der Waals surface area contributed by atoms with Crippen molar-refractivity contribution in [2.75, 3.05) is 6.54 Å². The molecule has 0 N–H and O–H groups in total. The van der Waals surface area contributed by atoms with Crippen molar-refractivity contribution in [3.8, 4) is 5.75 Å². The number of benzene rings is 3. The molecule has 216 valence electrons. The first-order chi connectivity index (χ1) is 20.0. The first-order valence-corrected chi connectivity index (χ1v) is 14.5. The fourth-order valence-electron chi connectivity index (χ4n) is 5.17. The second-order valence-electron chi connectivity index (χ2n) is 9.93. The van der Waals surface area contributed by atoms with E-state index in [-0.39, 0.29) is 37.5 Å². The highest BCUT2D eigenvalue weighted by Crippen LogP contribution is 2.39. The fourth-order valence-corrected chi connectivity index (χ4v) is 6.15. The molecular weight excluding hydrogens is 626 g/mol. The van der Waals surface area contributed by atoms with Gasteiger partial charge in [-0.1, -0.05) is 59.2 Å². The predicted molar refractivity (Wildman–Crippen MR) is 157 cm³/mol. The Labute approximate surface area is 261 Å². The largest absolute Gasteiger partial charge is 0.423 e. The maximum Gasteiger partial charge on any atom is 0.345 e. The number of hydrazine groups is 1. The molecule has 12 heteroatoms. The van der Waals surface area contributed by atoms with Crippen molar-refractivity contribution in [2.24, 2.45) is 11.8 Å². The summed E-state index contributed by atoms with van der Waals surface area (Å²) in [5.41, 5.74) is 0.236. The van der Waals surface area contributed by atoms with Crippen LogP contribution in [-0.2, 0) is 9.59 Å². The zero-order valence-corrected chi connectivity index (χ0v) is 24.8. The number of hydrogen-bond donors (Lipinski definition) is 0. The molecule has 0 spiro atoms. The van der Waals surface area contributed by atoms with Crippen LogP contribution in [0.5, 0.6) is 5.75 Å². The Kier molecular flexibility index (Phi) is 8.89. The molecule has 2 fully saturated rings. The zero-order valence-electron chi connectivity index (χ0n) is 21.8. The van der Waals surface area contributed by atoms with E-state index in [1.807, 2.05) is 0 Å². The van der Waals surface area contributed by atoms with Crippen LogP contribution in [0.2, 0.25) is 20.1 Å². The van der Waals surface area contributed by atoms with E-state index in [0.29, 0.717) is 17.9 Å². The van der Waals surface area contributed by atoms with Crippen LogP contribution >= 0.6 is 46.4 Å². The number of esters is 1. The molecule has 2 aliphatic rings. The molecule has 3 aromatic carbocycles. The van der Waals surface area contributed by atoms with Crippen molar-refractivity contribution in [3.05, 3.63) is 97.4 Å². The molecule has 8 nitrogen and oxygen atoms in total. The minimum absolute atomic E-state index is 0.00780. The molecule has 3 aromatic rings. The molecule has 5 rings (SSSR count). The Morgan fingerprint density at radius 3 is 1.81 bits per heavy atom. The quantitative estimate of drug-likeness (QED) is 0.119. The molecular formula is C30H22Cl4N2O6. The average Bonchev–Trinajstić information content (AvgIpc) is 3.21. The molecule has 1 saturated heterocycles. The number of imide groups is 1. The lowest BCUT2D eigenvalue weighted by molar-refractivity contribution is -0.154. The van der Waals surface area contributed by atoms with Crippen LogP contribution < -0.4 is 4.74 Å². The van der Waals surface area contributed by atoms with Crippen LogP contribution in [0, 0.1) is 11.8 Å². The maximum absolute atomic E-state index is 13.7. The standard InChI is InChI=1S/C30H22Cl4N2O6/c31-17-7-11-22(24(33)13-17)27(38)35(36-28(39)20-3-1-2-4-21(20)29(36)40)15-26(37)16-5-9-19(10-6-16)42-30(41)23-12-8-18(32)14-25(23)34/h5-14,20-21H,1-4,15H2/t20-,21-/m1/s1. The van der Waals surface area contributed by atoms with Gasteiger partial charge in [0.15, 0.2) is 5.78 Å². The van der Waals surface area contributed by atoms with Gasteiger partial charge in [-0.15, -0.1) is 0 Å². The Morgan fingerprint density at radius 1 is 0.762 bits per heavy atom. The second-order valence-corrected chi connectivity index (χ2v) is 11.6. The van der Waals surface area contributed by atoms with Gasteiger partial charge in [0.2, 0.25) is 0 Å². The van der Waals surface area contributed by atoms with Gasteiger partial charge in [-0.3, -0.25) is 19.2 Å². The molecule has 1 saturated carbocycles. The SMILES string of the molecule is O=C(CN(C(=O)c1ccc(Cl)cc1Cl)N1C(=O)[C@@H]2CCCC[C@H]2C1=O)c1ccc(OC(=O)c2ccc(Cl)cc2Cl)cc1. The fraction of sp³-hybridized carbons (Fsp3) is 0.233. The molecule has 1 heterocycles. The molecule has 1 aliphatic carbocycles. The van der Waals surface area contributed by atoms with E-state index in [1.54, 1.807) is 0 Å². The van der Waals surface area contributed by atoms with Gasteiger partial charge in [0, 0.05) is 15.6 Å². The number of halogens is 4. The summed E-state index contributed by atoms with van der Waals surface area (Å²) in [6.45, 7) is -0.617. The third-order valence-electron chi connectivity index (χ3n) is 7.29. The first-order valence-electron chi connectivity index (χ1n) is 13.0. The number of nitrogens with zero attached hydrogens (tertiary/aromatic N) is 2. The molecule has 3 amide bonds. The summed E-state index contributed by atoms with van der Waals surface area (Å²) in [7, 11) is 0. The zero-order chi connectivity index (χ0) is 30.1. The number of amides is 3. The van der Waals surface area contributed by atoms with E-state index in [4.69, 9.17) is 51.1 Å². The lowest BCUT2D eigenvalue weighted by Crippen LogP contribution is -2.52. The normalized spacial score (nSPS) is 18.0. The summed E-state index contributed by atoms with van der Waals surface area (Å²) < 4.78 is 5.35. The van der Waals surface area contributed by atoms with Gasteiger partial charge in [-0.2, -0.15) is 5.01 Å². The van der Waals surface area contributed by atoms with Gasteiger partial charge in [0.25, 0.3) is 17.7 Å². The molecule has 0 unspecified atom stereocenters. The number of fused-ring (bicyclic) bond motifs is 1. The Balaban J connectivity index is 1.38. The van der Waals surface area contributed by atoms with Gasteiger partial charge in [-0.05, 0) is 73.5 Å². The van der Waals surface area contributed by atoms with Crippen LogP contribution in [0.4, 0.5) is 0 Å². The summed E-state index contributed by atoms with van der Waals surface area (Å²) in [5, 5.41) is 2.44. The smallest absolute Gasteiger partial charge is 0.345 e. The molecule has 0 bridgehead atoms. The van der Waals surface area contributed by atoms with Crippen molar-refractivity contribution in [3.63, 3.8) is 0 Å². The highest BCUT2D eigenvalue weighted by molar-refractivity contribution is 6.37. The van der Waals surface area contributed by atoms with E-state index >= 15 is 0 Å². The van der Waals surface area contributed by atoms with E-state index in [2.05, 4.69) is 0 Å². The summed E-state index contributed by atoms with van der Waals surface area (Å²) in [4.78, 5) is 66.4. The number of ketones is 1. The van der Waals surface area contributed by atoms with Crippen LogP contribution in [0.15, 0.2) is 60.7 Å². The van der Waals surface area contributed by atoms with Crippen LogP contribution in [-0.4, -0.2) is 46.0 Å². The van der Waals surface area contributed by atoms with E-state index < -0.39 is 47.9 Å². The van der Waals surface area contributed by atoms with E-state index in [1.165, 1.54) is 60.7 Å². The highest BCUT2D eigenvalue weighted by atomic mass is 35.5. The summed E-state index contributed by atoms with van der Waals surface area (Å²) in [5.74, 6) is -4.06. The number of carbonyl (C=O) groups is 5. The highest BCUT2D eigenvalue weighted by Gasteiger charge is 2.52. The molecule has 2 atom stereocenters. The second kappa shape index (κ2) is 12.4. The monoisotopic (exact) mass is 646 g/mol. The van der Waals surface area contributed by atoms with Gasteiger partial charge in [0.1, 0.15) is 12.3 Å². The number of hydrogen-bond acceptors (Lipinski definition) is 6. The van der Waals surface area contributed by atoms with Gasteiger partial charge in [0.05, 0.1) is 33.0 Å². The average molecular weight is 648 g/mol. The van der Waals surface area contributed by atoms with Gasteiger partial charge >= 0.3 is 5.97 Å². The minimum atomic E-state index is -0.796. The number of Topliss-reactive ketones (excluding diaryl/α,β-unsaturated/α-hetero) is 1. The summed E-state index contributed by atoms with van der Waals surface area (Å²) >= 11 is 24.2. The van der Waals surface area contributed by atoms with E-state index in [0.717, 1.165) is 22.9 Å². The summed E-state index contributed by atoms with van der Waals surface area (Å²) in [6.07, 6.45) is 2.66. The lowest BCUT2D eigenvalue weighted by atomic mass is 9.81. The predicted octanol–water partition coefficient (Wildman–Crippen LogP) is 6.93. The van der Waals surface area contributed by atoms with Crippen LogP contribution in [0.1, 0.15) is 56.8 Å². The summed E-state index contributed by atoms with van der Waals surface area (Å²) in [6, 6.07) is 14.1. The molecule has 1 aliphatic heterocycles. The van der Waals surface area contributed by atoms with E-state index in [9.17, 15) is 24.0 Å². The maximum atomic E-state index is 13.7. The van der Waals surface area contributed by atoms with Crippen molar-refractivity contribution in [1.82, 2.24) is 10.0 Å². The van der Waals surface area contributed by atoms with Crippen LogP contribution in [0.3, 0.4) is 0 Å². The lowest BCUT2D eigenvalue weighted by Gasteiger charge is -2.30. The molecule has 42 heavy (non-hydrogen) atoms. The van der Waals surface area contributed by atoms with Gasteiger partial charge in [-0.25, -0.2) is 9.80 Å². The molecule has 0 radical (unpaired) electrons. The Morgan fingerprint density at radius 2 is 1.29 bits per heavy atom. The van der Waals surface area contributed by atoms with Crippen molar-refractivity contribution in [1.29, 1.82) is 0 Å². The third-order valence-corrected chi connectivity index (χ3v) is 8.38.